The van der Waals surface area contributed by atoms with Crippen LogP contribution in [0.25, 0.3) is 10.9 Å². The van der Waals surface area contributed by atoms with Crippen molar-refractivity contribution < 1.29 is 29.0 Å². The Morgan fingerprint density at radius 2 is 1.73 bits per heavy atom. The molecule has 3 amide bonds. The number of nitrogens with zero attached hydrogens (tertiary/aromatic N) is 2. The summed E-state index contributed by atoms with van der Waals surface area (Å²) in [6, 6.07) is 31.5. The largest absolute Gasteiger partial charge is 0.497 e. The number of anilines is 2. The van der Waals surface area contributed by atoms with Crippen LogP contribution in [0.15, 0.2) is 103 Å². The first kappa shape index (κ1) is 37.7. The number of likely N-dealkylation sites (tertiary alicyclic amines) is 1. The Balaban J connectivity index is 1.06. The number of hydrogen-bond donors (Lipinski definition) is 3. The molecule has 2 saturated heterocycles. The first-order valence-corrected chi connectivity index (χ1v) is 22.7. The summed E-state index contributed by atoms with van der Waals surface area (Å²) < 4.78 is 12.7. The second kappa shape index (κ2) is 15.0. The molecule has 5 aromatic rings. The number of ether oxygens (including phenoxy) is 2. The molecule has 1 spiro atoms. The fourth-order valence-corrected chi connectivity index (χ4v) is 13.8. The molecule has 290 valence electrons. The summed E-state index contributed by atoms with van der Waals surface area (Å²) in [5, 5.41) is 15.3. The van der Waals surface area contributed by atoms with Crippen LogP contribution in [0.5, 0.6) is 5.75 Å². The van der Waals surface area contributed by atoms with Crippen molar-refractivity contribution in [3.63, 3.8) is 0 Å². The van der Waals surface area contributed by atoms with Crippen LogP contribution in [0.3, 0.4) is 0 Å². The van der Waals surface area contributed by atoms with Gasteiger partial charge in [0.05, 0.1) is 59.0 Å². The maximum absolute atomic E-state index is 15.1. The normalized spacial score (nSPS) is 23.3. The number of carbonyl (C=O) groups excluding carboxylic acids is 3. The molecule has 2 fully saturated rings. The van der Waals surface area contributed by atoms with E-state index in [1.165, 1.54) is 5.19 Å². The molecule has 1 aromatic heterocycles. The van der Waals surface area contributed by atoms with E-state index < -0.39 is 19.8 Å². The Hall–Kier alpha value is -5.23. The lowest BCUT2D eigenvalue weighted by Crippen LogP contribution is -2.52. The number of para-hydroxylation sites is 2. The number of fused-ring (bicyclic) bond motifs is 3. The zero-order chi connectivity index (χ0) is 39.2. The quantitative estimate of drug-likeness (QED) is 0.132. The predicted molar refractivity (Wildman–Crippen MR) is 221 cm³/mol. The average Bonchev–Trinajstić information content (AvgIpc) is 3.97. The van der Waals surface area contributed by atoms with E-state index in [4.69, 9.17) is 9.47 Å². The number of nitrogens with one attached hydrogen (secondary N) is 2. The van der Waals surface area contributed by atoms with Gasteiger partial charge in [0.1, 0.15) is 5.75 Å². The minimum Gasteiger partial charge on any atom is -0.497 e. The summed E-state index contributed by atoms with van der Waals surface area (Å²) >= 11 is 0. The molecule has 56 heavy (non-hydrogen) atoms. The topological polar surface area (TPSA) is 124 Å². The number of aromatic nitrogens is 1. The Kier molecular flexibility index (Phi) is 10.1. The standard InChI is InChI=1S/C45H50N4O6Si/c1-29-43(56(3,4)35-21-19-34(54-2)20-22-35)40(25-42(52)48-23-9-10-33(48)28-50)55-45(29)37-12-6-8-14-39(37)49(44(45)53)27-30-15-17-32(18-16-30)47-41(51)24-31-26-46-38-13-7-5-11-36(31)38/h5-8,11-22,26,29,33,40,43,46,50H,9-10,23-25,27-28H2,1-4H3,(H,47,51)/t29-,33+,40+,43-,45+/m1/s1. The van der Waals surface area contributed by atoms with Gasteiger partial charge in [-0.1, -0.05) is 85.9 Å². The van der Waals surface area contributed by atoms with Crippen LogP contribution in [0.1, 0.15) is 42.9 Å². The maximum atomic E-state index is 15.1. The third-order valence-corrected chi connectivity index (χ3v) is 17.0. The molecule has 0 aliphatic carbocycles. The zero-order valence-corrected chi connectivity index (χ0v) is 33.5. The summed E-state index contributed by atoms with van der Waals surface area (Å²) in [5.41, 5.74) is 3.79. The Morgan fingerprint density at radius 3 is 2.48 bits per heavy atom. The van der Waals surface area contributed by atoms with Gasteiger partial charge in [0, 0.05) is 40.8 Å². The highest BCUT2D eigenvalue weighted by Crippen LogP contribution is 2.60. The third-order valence-electron chi connectivity index (χ3n) is 12.6. The fraction of sp³-hybridized carbons (Fsp3) is 0.356. The number of methoxy groups -OCH3 is 1. The minimum atomic E-state index is -2.44. The van der Waals surface area contributed by atoms with Gasteiger partial charge >= 0.3 is 0 Å². The smallest absolute Gasteiger partial charge is 0.264 e. The van der Waals surface area contributed by atoms with Crippen LogP contribution in [0, 0.1) is 5.92 Å². The van der Waals surface area contributed by atoms with Gasteiger partial charge in [-0.05, 0) is 65.9 Å². The van der Waals surface area contributed by atoms with E-state index in [-0.39, 0.29) is 54.7 Å². The van der Waals surface area contributed by atoms with Crippen LogP contribution in [0.4, 0.5) is 11.4 Å². The van der Waals surface area contributed by atoms with Gasteiger partial charge < -0.3 is 34.7 Å². The fourth-order valence-electron chi connectivity index (χ4n) is 9.80. The Morgan fingerprint density at radius 1 is 1.00 bits per heavy atom. The zero-order valence-electron chi connectivity index (χ0n) is 32.5. The molecule has 10 nitrogen and oxygen atoms in total. The van der Waals surface area contributed by atoms with Crippen LogP contribution in [-0.4, -0.2) is 73.2 Å². The van der Waals surface area contributed by atoms with Gasteiger partial charge in [0.15, 0.2) is 5.60 Å². The van der Waals surface area contributed by atoms with E-state index in [2.05, 4.69) is 42.5 Å². The number of carbonyl (C=O) groups is 3. The van der Waals surface area contributed by atoms with Gasteiger partial charge in [0.2, 0.25) is 11.8 Å². The second-order valence-electron chi connectivity index (χ2n) is 16.1. The molecule has 4 heterocycles. The third kappa shape index (κ3) is 6.51. The molecule has 0 unspecified atom stereocenters. The number of amides is 3. The number of H-pyrrole nitrogens is 1. The summed E-state index contributed by atoms with van der Waals surface area (Å²) in [6.45, 7) is 7.62. The number of hydrogen-bond acceptors (Lipinski definition) is 6. The number of aromatic amines is 1. The van der Waals surface area contributed by atoms with Crippen molar-refractivity contribution >= 4 is 53.3 Å². The molecule has 0 saturated carbocycles. The van der Waals surface area contributed by atoms with E-state index in [0.717, 1.165) is 51.9 Å². The van der Waals surface area contributed by atoms with Crippen molar-refractivity contribution in [3.05, 3.63) is 120 Å². The molecule has 8 rings (SSSR count). The highest BCUT2D eigenvalue weighted by atomic mass is 28.3. The molecule has 3 N–H and O–H groups in total. The van der Waals surface area contributed by atoms with E-state index in [1.807, 2.05) is 101 Å². The molecule has 11 heteroatoms. The van der Waals surface area contributed by atoms with E-state index >= 15 is 4.79 Å². The second-order valence-corrected chi connectivity index (χ2v) is 20.8. The first-order chi connectivity index (χ1) is 27.0. The monoisotopic (exact) mass is 770 g/mol. The Labute approximate surface area is 328 Å². The average molecular weight is 771 g/mol. The van der Waals surface area contributed by atoms with Gasteiger partial charge in [-0.2, -0.15) is 0 Å². The number of aliphatic hydroxyl groups excluding tert-OH is 1. The van der Waals surface area contributed by atoms with Crippen LogP contribution < -0.4 is 20.1 Å². The molecular formula is C45H50N4O6Si. The van der Waals surface area contributed by atoms with Crippen LogP contribution in [-0.2, 0) is 37.7 Å². The van der Waals surface area contributed by atoms with E-state index in [0.29, 0.717) is 18.8 Å². The van der Waals surface area contributed by atoms with Crippen LogP contribution in [0.2, 0.25) is 18.6 Å². The summed E-state index contributed by atoms with van der Waals surface area (Å²) in [5.74, 6) is 0.254. The van der Waals surface area contributed by atoms with Crippen molar-refractivity contribution in [3.8, 4) is 5.75 Å². The number of rotatable bonds is 11. The highest BCUT2D eigenvalue weighted by Gasteiger charge is 2.66. The lowest BCUT2D eigenvalue weighted by Gasteiger charge is -2.37. The molecular weight excluding hydrogens is 721 g/mol. The van der Waals surface area contributed by atoms with Crippen LogP contribution >= 0.6 is 0 Å². The molecule has 3 aliphatic heterocycles. The lowest BCUT2D eigenvalue weighted by atomic mass is 9.82. The predicted octanol–water partition coefficient (Wildman–Crippen LogP) is 6.49. The van der Waals surface area contributed by atoms with Gasteiger partial charge in [0.25, 0.3) is 5.91 Å². The summed E-state index contributed by atoms with van der Waals surface area (Å²) in [4.78, 5) is 49.1. The summed E-state index contributed by atoms with van der Waals surface area (Å²) in [7, 11) is -0.787. The molecule has 3 aliphatic rings. The van der Waals surface area contributed by atoms with Crippen molar-refractivity contribution in [2.24, 2.45) is 5.92 Å². The van der Waals surface area contributed by atoms with Crippen molar-refractivity contribution in [1.29, 1.82) is 0 Å². The summed E-state index contributed by atoms with van der Waals surface area (Å²) in [6.07, 6.45) is 3.40. The minimum absolute atomic E-state index is 0.0375. The SMILES string of the molecule is COc1ccc([Si](C)(C)[C@H]2[C@H](CC(=O)N3CCC[C@H]3CO)O[C@@]3(C(=O)N(Cc4ccc(NC(=O)Cc5c[nH]c6ccccc56)cc4)c4ccccc43)[C@@H]2C)cc1. The number of aliphatic hydroxyl groups is 1. The van der Waals surface area contributed by atoms with E-state index in [1.54, 1.807) is 7.11 Å². The van der Waals surface area contributed by atoms with Crippen molar-refractivity contribution in [2.45, 2.75) is 75.5 Å². The van der Waals surface area contributed by atoms with E-state index in [9.17, 15) is 14.7 Å². The molecule has 5 atom stereocenters. The number of benzene rings is 4. The first-order valence-electron chi connectivity index (χ1n) is 19.6. The molecule has 0 bridgehead atoms. The maximum Gasteiger partial charge on any atom is 0.264 e. The van der Waals surface area contributed by atoms with Gasteiger partial charge in [-0.25, -0.2) is 0 Å². The van der Waals surface area contributed by atoms with Gasteiger partial charge in [-0.15, -0.1) is 0 Å². The van der Waals surface area contributed by atoms with Crippen molar-refractivity contribution in [2.75, 3.05) is 30.5 Å². The molecule has 4 aromatic carbocycles. The van der Waals surface area contributed by atoms with Gasteiger partial charge in [-0.3, -0.25) is 14.4 Å². The van der Waals surface area contributed by atoms with Crippen molar-refractivity contribution in [1.82, 2.24) is 9.88 Å². The lowest BCUT2D eigenvalue weighted by molar-refractivity contribution is -0.150. The Bertz CT molecular complexity index is 2250. The molecule has 0 radical (unpaired) electrons. The highest BCUT2D eigenvalue weighted by molar-refractivity contribution is 6.91.